The van der Waals surface area contributed by atoms with Crippen LogP contribution in [0, 0.1) is 11.3 Å². The Hall–Kier alpha value is -0.590. The zero-order valence-corrected chi connectivity index (χ0v) is 10.6. The lowest BCUT2D eigenvalue weighted by Gasteiger charge is -2.42. The van der Waals surface area contributed by atoms with E-state index in [0.29, 0.717) is 0 Å². The molecular weight excluding hydrogens is 198 g/mol. The van der Waals surface area contributed by atoms with Crippen molar-refractivity contribution >= 4 is 0 Å². The number of nitrogens with zero attached hydrogens (tertiary/aromatic N) is 3. The fourth-order valence-electron chi connectivity index (χ4n) is 3.21. The summed E-state index contributed by atoms with van der Waals surface area (Å²) in [5, 5.41) is 9.36. The Morgan fingerprint density at radius 3 is 2.19 bits per heavy atom. The lowest BCUT2D eigenvalue weighted by molar-refractivity contribution is 0.0981. The highest BCUT2D eigenvalue weighted by Crippen LogP contribution is 2.34. The van der Waals surface area contributed by atoms with Gasteiger partial charge in [0.05, 0.1) is 6.07 Å². The molecule has 3 nitrogen and oxygen atoms in total. The monoisotopic (exact) mass is 221 g/mol. The summed E-state index contributed by atoms with van der Waals surface area (Å²) in [6, 6.07) is 3.29. The molecule has 1 heterocycles. The molecule has 1 aliphatic carbocycles. The minimum Gasteiger partial charge on any atom is -0.300 e. The van der Waals surface area contributed by atoms with Gasteiger partial charge in [0.15, 0.2) is 0 Å². The Morgan fingerprint density at radius 2 is 1.75 bits per heavy atom. The maximum atomic E-state index is 9.36. The van der Waals surface area contributed by atoms with Gasteiger partial charge in [-0.2, -0.15) is 5.26 Å². The molecule has 3 heteroatoms. The summed E-state index contributed by atoms with van der Waals surface area (Å²) in [4.78, 5) is 4.75. The van der Waals surface area contributed by atoms with Crippen LogP contribution in [0.1, 0.15) is 38.5 Å². The molecule has 2 fully saturated rings. The van der Waals surface area contributed by atoms with Gasteiger partial charge in [-0.3, -0.25) is 4.90 Å². The lowest BCUT2D eigenvalue weighted by Crippen LogP contribution is -2.49. The van der Waals surface area contributed by atoms with Gasteiger partial charge in [-0.15, -0.1) is 0 Å². The Labute approximate surface area is 99.0 Å². The molecule has 0 unspecified atom stereocenters. The van der Waals surface area contributed by atoms with Crippen molar-refractivity contribution in [1.82, 2.24) is 9.80 Å². The first-order valence-corrected chi connectivity index (χ1v) is 6.51. The summed E-state index contributed by atoms with van der Waals surface area (Å²) < 4.78 is 0. The smallest absolute Gasteiger partial charge is 0.108 e. The van der Waals surface area contributed by atoms with Crippen molar-refractivity contribution in [2.75, 3.05) is 27.2 Å². The summed E-state index contributed by atoms with van der Waals surface area (Å²) in [7, 11) is 4.08. The van der Waals surface area contributed by atoms with Crippen molar-refractivity contribution < 1.29 is 0 Å². The van der Waals surface area contributed by atoms with E-state index in [2.05, 4.69) is 15.9 Å². The Kier molecular flexibility index (Phi) is 3.51. The summed E-state index contributed by atoms with van der Waals surface area (Å²) >= 11 is 0. The minimum absolute atomic E-state index is 0.184. The van der Waals surface area contributed by atoms with Crippen LogP contribution in [0.2, 0.25) is 0 Å². The van der Waals surface area contributed by atoms with Crippen molar-refractivity contribution in [3.63, 3.8) is 0 Å². The van der Waals surface area contributed by atoms with Crippen LogP contribution in [-0.4, -0.2) is 48.6 Å². The Balaban J connectivity index is 1.93. The molecule has 16 heavy (non-hydrogen) atoms. The third-order valence-corrected chi connectivity index (χ3v) is 4.50. The molecule has 0 aromatic heterocycles. The van der Waals surface area contributed by atoms with E-state index in [0.717, 1.165) is 18.9 Å². The van der Waals surface area contributed by atoms with Gasteiger partial charge < -0.3 is 4.90 Å². The average molecular weight is 221 g/mol. The van der Waals surface area contributed by atoms with E-state index in [1.54, 1.807) is 0 Å². The normalized spacial score (nSPS) is 36.5. The quantitative estimate of drug-likeness (QED) is 0.713. The molecule has 1 aliphatic heterocycles. The topological polar surface area (TPSA) is 30.3 Å². The highest BCUT2D eigenvalue weighted by atomic mass is 15.2. The van der Waals surface area contributed by atoms with Gasteiger partial charge in [0, 0.05) is 6.04 Å². The summed E-state index contributed by atoms with van der Waals surface area (Å²) in [6.45, 7) is 2.57. The highest BCUT2D eigenvalue weighted by molar-refractivity contribution is 5.10. The van der Waals surface area contributed by atoms with Crippen LogP contribution in [0.15, 0.2) is 0 Å². The predicted octanol–water partition coefficient (Wildman–Crippen LogP) is 1.85. The molecule has 1 saturated carbocycles. The molecule has 2 rings (SSSR count). The fourth-order valence-corrected chi connectivity index (χ4v) is 3.21. The summed E-state index contributed by atoms with van der Waals surface area (Å²) in [5.74, 6) is 0. The Bertz CT molecular complexity index is 265. The molecule has 90 valence electrons. The Morgan fingerprint density at radius 1 is 1.19 bits per heavy atom. The van der Waals surface area contributed by atoms with Crippen LogP contribution in [0.5, 0.6) is 0 Å². The first-order valence-electron chi connectivity index (χ1n) is 6.51. The standard InChI is InChI=1S/C13H23N3/c1-15(2)13(11-14)7-5-12(6-8-13)16-9-3-4-10-16/h12H,3-10H2,1-2H3. The third-order valence-electron chi connectivity index (χ3n) is 4.50. The lowest BCUT2D eigenvalue weighted by atomic mass is 9.79. The molecule has 0 radical (unpaired) electrons. The fraction of sp³-hybridized carbons (Fsp3) is 0.923. The number of rotatable bonds is 2. The first-order chi connectivity index (χ1) is 7.68. The van der Waals surface area contributed by atoms with Crippen LogP contribution >= 0.6 is 0 Å². The maximum absolute atomic E-state index is 9.36. The largest absolute Gasteiger partial charge is 0.300 e. The van der Waals surface area contributed by atoms with E-state index in [9.17, 15) is 5.26 Å². The molecule has 1 saturated heterocycles. The van der Waals surface area contributed by atoms with Crippen molar-refractivity contribution in [3.8, 4) is 6.07 Å². The molecule has 0 aromatic carbocycles. The second-order valence-corrected chi connectivity index (χ2v) is 5.51. The first kappa shape index (κ1) is 11.9. The van der Waals surface area contributed by atoms with Crippen LogP contribution in [0.3, 0.4) is 0 Å². The molecule has 0 spiro atoms. The molecule has 2 aliphatic rings. The third kappa shape index (κ3) is 2.09. The molecule has 0 atom stereocenters. The van der Waals surface area contributed by atoms with Gasteiger partial charge in [0.2, 0.25) is 0 Å². The van der Waals surface area contributed by atoms with E-state index in [1.165, 1.54) is 38.8 Å². The number of hydrogen-bond acceptors (Lipinski definition) is 3. The number of nitriles is 1. The van der Waals surface area contributed by atoms with Gasteiger partial charge in [0.1, 0.15) is 5.54 Å². The molecule has 0 N–H and O–H groups in total. The zero-order valence-electron chi connectivity index (χ0n) is 10.6. The van der Waals surface area contributed by atoms with Crippen molar-refractivity contribution in [1.29, 1.82) is 5.26 Å². The maximum Gasteiger partial charge on any atom is 0.108 e. The van der Waals surface area contributed by atoms with Crippen molar-refractivity contribution in [3.05, 3.63) is 0 Å². The van der Waals surface area contributed by atoms with Gasteiger partial charge in [-0.1, -0.05) is 0 Å². The van der Waals surface area contributed by atoms with Gasteiger partial charge in [0.25, 0.3) is 0 Å². The second-order valence-electron chi connectivity index (χ2n) is 5.51. The van der Waals surface area contributed by atoms with Crippen LogP contribution in [-0.2, 0) is 0 Å². The summed E-state index contributed by atoms with van der Waals surface area (Å²) in [5.41, 5.74) is -0.184. The molecule has 0 bridgehead atoms. The second kappa shape index (κ2) is 4.73. The van der Waals surface area contributed by atoms with Crippen molar-refractivity contribution in [2.24, 2.45) is 0 Å². The predicted molar refractivity (Wildman–Crippen MR) is 65.1 cm³/mol. The van der Waals surface area contributed by atoms with Crippen LogP contribution in [0.4, 0.5) is 0 Å². The number of likely N-dealkylation sites (tertiary alicyclic amines) is 1. The zero-order chi connectivity index (χ0) is 11.6. The number of hydrogen-bond donors (Lipinski definition) is 0. The van der Waals surface area contributed by atoms with E-state index >= 15 is 0 Å². The van der Waals surface area contributed by atoms with E-state index in [-0.39, 0.29) is 5.54 Å². The summed E-state index contributed by atoms with van der Waals surface area (Å²) in [6.07, 6.45) is 7.22. The minimum atomic E-state index is -0.184. The van der Waals surface area contributed by atoms with E-state index in [1.807, 2.05) is 14.1 Å². The van der Waals surface area contributed by atoms with Crippen LogP contribution < -0.4 is 0 Å². The van der Waals surface area contributed by atoms with Crippen LogP contribution in [0.25, 0.3) is 0 Å². The van der Waals surface area contributed by atoms with Gasteiger partial charge in [-0.25, -0.2) is 0 Å². The molecule has 0 aromatic rings. The van der Waals surface area contributed by atoms with E-state index in [4.69, 9.17) is 0 Å². The molecular formula is C13H23N3. The average Bonchev–Trinajstić information content (AvgIpc) is 2.82. The van der Waals surface area contributed by atoms with Crippen molar-refractivity contribution in [2.45, 2.75) is 50.1 Å². The SMILES string of the molecule is CN(C)C1(C#N)CCC(N2CCCC2)CC1. The molecule has 0 amide bonds. The van der Waals surface area contributed by atoms with Gasteiger partial charge >= 0.3 is 0 Å². The highest BCUT2D eigenvalue weighted by Gasteiger charge is 2.39. The van der Waals surface area contributed by atoms with E-state index < -0.39 is 0 Å². The van der Waals surface area contributed by atoms with Gasteiger partial charge in [-0.05, 0) is 65.7 Å².